The molecule has 19 heavy (non-hydrogen) atoms. The molecule has 0 fully saturated rings. The number of carbonyl (C=O) groups is 1. The zero-order valence-electron chi connectivity index (χ0n) is 9.75. The lowest BCUT2D eigenvalue weighted by Gasteiger charge is -2.18. The highest BCUT2D eigenvalue weighted by Gasteiger charge is 2.38. The van der Waals surface area contributed by atoms with Crippen molar-refractivity contribution in [3.05, 3.63) is 29.3 Å². The van der Waals surface area contributed by atoms with E-state index in [2.05, 4.69) is 9.47 Å². The summed E-state index contributed by atoms with van der Waals surface area (Å²) in [6.45, 7) is -2.44. The predicted molar refractivity (Wildman–Crippen MR) is 55.3 cm³/mol. The Morgan fingerprint density at radius 2 is 1.84 bits per heavy atom. The van der Waals surface area contributed by atoms with Crippen LogP contribution in [-0.4, -0.2) is 31.4 Å². The van der Waals surface area contributed by atoms with Gasteiger partial charge < -0.3 is 14.6 Å². The van der Waals surface area contributed by atoms with Crippen LogP contribution in [0.25, 0.3) is 0 Å². The molecule has 0 atom stereocenters. The summed E-state index contributed by atoms with van der Waals surface area (Å²) in [7, 11) is 1.13. The summed E-state index contributed by atoms with van der Waals surface area (Å²) in [5, 5.41) is 8.22. The van der Waals surface area contributed by atoms with E-state index >= 15 is 0 Å². The monoisotopic (exact) mass is 282 g/mol. The Balaban J connectivity index is 2.97. The third-order valence-electron chi connectivity index (χ3n) is 2.13. The Hall–Kier alpha value is -1.83. The molecule has 0 aliphatic rings. The first-order valence-electron chi connectivity index (χ1n) is 4.99. The van der Waals surface area contributed by atoms with E-state index in [-0.39, 0.29) is 5.75 Å². The molecule has 0 amide bonds. The second kappa shape index (κ2) is 5.87. The Morgan fingerprint density at radius 1 is 1.32 bits per heavy atom. The Bertz CT molecular complexity index is 453. The number of carboxylic acids is 1. The van der Waals surface area contributed by atoms with Gasteiger partial charge in [-0.2, -0.15) is 8.78 Å². The van der Waals surface area contributed by atoms with Gasteiger partial charge in [0.2, 0.25) is 0 Å². The smallest absolute Gasteiger partial charge is 0.329 e. The summed E-state index contributed by atoms with van der Waals surface area (Å²) >= 11 is 0. The van der Waals surface area contributed by atoms with Crippen LogP contribution in [0.5, 0.6) is 5.75 Å². The van der Waals surface area contributed by atoms with Crippen LogP contribution in [0.2, 0.25) is 0 Å². The van der Waals surface area contributed by atoms with Gasteiger partial charge in [-0.05, 0) is 0 Å². The van der Waals surface area contributed by atoms with Crippen LogP contribution in [-0.2, 0) is 15.5 Å². The van der Waals surface area contributed by atoms with Gasteiger partial charge in [-0.3, -0.25) is 0 Å². The van der Waals surface area contributed by atoms with Crippen LogP contribution >= 0.6 is 0 Å². The summed E-state index contributed by atoms with van der Waals surface area (Å²) < 4.78 is 62.6. The zero-order chi connectivity index (χ0) is 14.6. The summed E-state index contributed by atoms with van der Waals surface area (Å²) in [4.78, 5) is 10.1. The second-order valence-electron chi connectivity index (χ2n) is 3.56. The number of alkyl halides is 2. The van der Waals surface area contributed by atoms with Crippen molar-refractivity contribution in [2.45, 2.75) is 5.92 Å². The van der Waals surface area contributed by atoms with Crippen molar-refractivity contribution >= 4 is 5.97 Å². The highest BCUT2D eigenvalue weighted by atomic mass is 19.3. The number of ether oxygens (including phenoxy) is 2. The van der Waals surface area contributed by atoms with Gasteiger partial charge in [0.15, 0.2) is 0 Å². The Morgan fingerprint density at radius 3 is 2.26 bits per heavy atom. The molecule has 8 heteroatoms. The lowest BCUT2D eigenvalue weighted by molar-refractivity contribution is -0.147. The average molecular weight is 282 g/mol. The number of aliphatic carboxylic acids is 1. The maximum Gasteiger partial charge on any atom is 0.329 e. The number of benzene rings is 1. The van der Waals surface area contributed by atoms with E-state index in [4.69, 9.17) is 5.11 Å². The maximum absolute atomic E-state index is 13.5. The lowest BCUT2D eigenvalue weighted by atomic mass is 10.1. The van der Waals surface area contributed by atoms with E-state index < -0.39 is 42.3 Å². The van der Waals surface area contributed by atoms with Crippen molar-refractivity contribution in [3.8, 4) is 5.75 Å². The molecule has 0 aromatic heterocycles. The number of carboxylic acid groups (broad SMARTS) is 1. The molecule has 1 aromatic rings. The SMILES string of the molecule is COc1cc(F)c(C(F)(F)COCC(=O)O)c(F)c1. The number of hydrogen-bond acceptors (Lipinski definition) is 3. The van der Waals surface area contributed by atoms with Gasteiger partial charge in [0.1, 0.15) is 30.6 Å². The fourth-order valence-electron chi connectivity index (χ4n) is 1.36. The topological polar surface area (TPSA) is 55.8 Å². The fourth-order valence-corrected chi connectivity index (χ4v) is 1.36. The summed E-state index contributed by atoms with van der Waals surface area (Å²) in [5.74, 6) is -8.70. The zero-order valence-corrected chi connectivity index (χ0v) is 9.75. The first-order valence-corrected chi connectivity index (χ1v) is 4.99. The van der Waals surface area contributed by atoms with Crippen LogP contribution in [0.1, 0.15) is 5.56 Å². The first-order chi connectivity index (χ1) is 8.77. The van der Waals surface area contributed by atoms with Crippen LogP contribution in [0.15, 0.2) is 12.1 Å². The van der Waals surface area contributed by atoms with E-state index in [1.54, 1.807) is 0 Å². The van der Waals surface area contributed by atoms with Crippen LogP contribution in [0.4, 0.5) is 17.6 Å². The molecule has 0 radical (unpaired) electrons. The quantitative estimate of drug-likeness (QED) is 0.812. The minimum Gasteiger partial charge on any atom is -0.497 e. The van der Waals surface area contributed by atoms with E-state index in [0.717, 1.165) is 7.11 Å². The van der Waals surface area contributed by atoms with Gasteiger partial charge in [-0.25, -0.2) is 13.6 Å². The standard InChI is InChI=1S/C11H10F4O4/c1-18-6-2-7(12)10(8(13)3-6)11(14,15)5-19-4-9(16)17/h2-3H,4-5H2,1H3,(H,16,17). The summed E-state index contributed by atoms with van der Waals surface area (Å²) in [6, 6.07) is 1.20. The molecule has 4 nitrogen and oxygen atoms in total. The van der Waals surface area contributed by atoms with E-state index in [1.807, 2.05) is 0 Å². The Labute approximate surface area is 105 Å². The van der Waals surface area contributed by atoms with Crippen molar-refractivity contribution < 1.29 is 36.9 Å². The molecule has 0 spiro atoms. The maximum atomic E-state index is 13.5. The van der Waals surface area contributed by atoms with E-state index in [1.165, 1.54) is 0 Å². The number of hydrogen-bond donors (Lipinski definition) is 1. The highest BCUT2D eigenvalue weighted by molar-refractivity contribution is 5.68. The van der Waals surface area contributed by atoms with Gasteiger partial charge in [0, 0.05) is 12.1 Å². The minimum absolute atomic E-state index is 0.249. The molecule has 0 heterocycles. The molecule has 1 N–H and O–H groups in total. The summed E-state index contributed by atoms with van der Waals surface area (Å²) in [5.41, 5.74) is -1.49. The molecule has 0 bridgehead atoms. The molecule has 0 aliphatic carbocycles. The Kier molecular flexibility index (Phi) is 4.71. The number of methoxy groups -OCH3 is 1. The molecule has 1 rings (SSSR count). The fraction of sp³-hybridized carbons (Fsp3) is 0.364. The molecule has 1 aromatic carbocycles. The van der Waals surface area contributed by atoms with Gasteiger partial charge in [0.05, 0.1) is 12.7 Å². The van der Waals surface area contributed by atoms with Gasteiger partial charge >= 0.3 is 11.9 Å². The van der Waals surface area contributed by atoms with Crippen LogP contribution in [0, 0.1) is 11.6 Å². The van der Waals surface area contributed by atoms with Crippen molar-refractivity contribution in [2.24, 2.45) is 0 Å². The van der Waals surface area contributed by atoms with Crippen molar-refractivity contribution in [2.75, 3.05) is 20.3 Å². The minimum atomic E-state index is -3.99. The third kappa shape index (κ3) is 3.82. The van der Waals surface area contributed by atoms with E-state index in [0.29, 0.717) is 12.1 Å². The normalized spacial score (nSPS) is 11.4. The molecule has 0 aliphatic heterocycles. The van der Waals surface area contributed by atoms with Gasteiger partial charge in [-0.1, -0.05) is 0 Å². The van der Waals surface area contributed by atoms with Gasteiger partial charge in [0.25, 0.3) is 0 Å². The molecule has 0 unspecified atom stereocenters. The van der Waals surface area contributed by atoms with Gasteiger partial charge in [-0.15, -0.1) is 0 Å². The van der Waals surface area contributed by atoms with E-state index in [9.17, 15) is 22.4 Å². The first kappa shape index (κ1) is 15.2. The van der Waals surface area contributed by atoms with Crippen LogP contribution in [0.3, 0.4) is 0 Å². The van der Waals surface area contributed by atoms with Crippen molar-refractivity contribution in [1.29, 1.82) is 0 Å². The highest BCUT2D eigenvalue weighted by Crippen LogP contribution is 2.34. The molecule has 0 saturated heterocycles. The second-order valence-corrected chi connectivity index (χ2v) is 3.56. The van der Waals surface area contributed by atoms with Crippen molar-refractivity contribution in [3.63, 3.8) is 0 Å². The summed E-state index contributed by atoms with van der Waals surface area (Å²) in [6.07, 6.45) is 0. The molecular formula is C11H10F4O4. The molecule has 106 valence electrons. The molecule has 0 saturated carbocycles. The number of rotatable bonds is 6. The third-order valence-corrected chi connectivity index (χ3v) is 2.13. The predicted octanol–water partition coefficient (Wildman–Crippen LogP) is 2.17. The largest absolute Gasteiger partial charge is 0.497 e. The molecular weight excluding hydrogens is 272 g/mol. The van der Waals surface area contributed by atoms with Crippen molar-refractivity contribution in [1.82, 2.24) is 0 Å². The average Bonchev–Trinajstić information content (AvgIpc) is 2.26. The number of halogens is 4. The lowest BCUT2D eigenvalue weighted by Crippen LogP contribution is -2.26. The van der Waals surface area contributed by atoms with Crippen LogP contribution < -0.4 is 4.74 Å².